The van der Waals surface area contributed by atoms with Gasteiger partial charge in [0.05, 0.1) is 25.2 Å². The fourth-order valence-corrected chi connectivity index (χ4v) is 7.93. The highest BCUT2D eigenvalue weighted by molar-refractivity contribution is 14.1. The number of aryl methyl sites for hydroxylation is 2. The van der Waals surface area contributed by atoms with Crippen molar-refractivity contribution in [3.8, 4) is 0 Å². The number of fused-ring (bicyclic) bond motifs is 1. The Morgan fingerprint density at radius 1 is 1.22 bits per heavy atom. The smallest absolute Gasteiger partial charge is 0.369 e. The van der Waals surface area contributed by atoms with E-state index in [-0.39, 0.29) is 28.3 Å². The van der Waals surface area contributed by atoms with Gasteiger partial charge in [0.25, 0.3) is 0 Å². The molecule has 1 saturated heterocycles. The second-order valence-corrected chi connectivity index (χ2v) is 14.6. The van der Waals surface area contributed by atoms with Crippen LogP contribution < -0.4 is 11.1 Å². The van der Waals surface area contributed by atoms with E-state index in [4.69, 9.17) is 44.8 Å². The number of imidazole rings is 1. The van der Waals surface area contributed by atoms with Crippen LogP contribution in [0.3, 0.4) is 0 Å². The number of H-pyrrole nitrogens is 1. The molecule has 1 amide bonds. The number of nitrogen functional groups attached to an aromatic ring is 1. The molecule has 0 radical (unpaired) electrons. The summed E-state index contributed by atoms with van der Waals surface area (Å²) in [5, 5.41) is 6.88. The summed E-state index contributed by atoms with van der Waals surface area (Å²) >= 11 is 6.75. The zero-order valence-electron chi connectivity index (χ0n) is 22.9. The molecule has 0 saturated carbocycles. The van der Waals surface area contributed by atoms with Gasteiger partial charge in [0.15, 0.2) is 16.8 Å². The van der Waals surface area contributed by atoms with Crippen molar-refractivity contribution in [2.45, 2.75) is 38.0 Å². The van der Waals surface area contributed by atoms with Crippen molar-refractivity contribution >= 4 is 81.7 Å². The van der Waals surface area contributed by atoms with Gasteiger partial charge in [-0.1, -0.05) is 12.2 Å². The molecular weight excluding hydrogens is 804 g/mol. The Morgan fingerprint density at radius 2 is 1.93 bits per heavy atom. The Labute approximate surface area is 271 Å². The number of nitrogens with zero attached hydrogens (tertiary/aromatic N) is 5. The highest BCUT2D eigenvalue weighted by atomic mass is 127. The van der Waals surface area contributed by atoms with Crippen LogP contribution in [0.5, 0.6) is 0 Å². The number of nitrogens with two attached hydrogens (primary N) is 1. The summed E-state index contributed by atoms with van der Waals surface area (Å²) in [5.41, 5.74) is 7.76. The van der Waals surface area contributed by atoms with E-state index >= 15 is 0 Å². The van der Waals surface area contributed by atoms with Crippen molar-refractivity contribution in [2.24, 2.45) is 7.05 Å². The Morgan fingerprint density at radius 3 is 2.56 bits per heavy atom. The quantitative estimate of drug-likeness (QED) is 0.0671. The number of halogens is 1. The lowest BCUT2D eigenvalue weighted by Crippen LogP contribution is -2.40. The molecule has 22 nitrogen and oxygen atoms in total. The van der Waals surface area contributed by atoms with Crippen LogP contribution in [0.1, 0.15) is 17.6 Å². The maximum absolute atomic E-state index is 12.6. The Kier molecular flexibility index (Phi) is 11.4. The molecule has 1 aliphatic rings. The minimum Gasteiger partial charge on any atom is -0.369 e. The number of amides is 1. The number of phosphoric ester groups is 1. The van der Waals surface area contributed by atoms with Gasteiger partial charge in [0.1, 0.15) is 59.1 Å². The van der Waals surface area contributed by atoms with Crippen LogP contribution in [0, 0.1) is 11.6 Å². The van der Waals surface area contributed by atoms with Gasteiger partial charge in [-0.05, 0) is 13.0 Å². The molecule has 4 heterocycles. The van der Waals surface area contributed by atoms with Gasteiger partial charge in [-0.2, -0.15) is 13.7 Å². The molecule has 45 heavy (non-hydrogen) atoms. The third-order valence-electron chi connectivity index (χ3n) is 5.98. The molecule has 6 atom stereocenters. The van der Waals surface area contributed by atoms with Crippen molar-refractivity contribution in [3.05, 3.63) is 28.4 Å². The van der Waals surface area contributed by atoms with E-state index in [9.17, 15) is 28.3 Å². The predicted molar refractivity (Wildman–Crippen MR) is 159 cm³/mol. The molecule has 27 heteroatoms. The van der Waals surface area contributed by atoms with Crippen molar-refractivity contribution in [2.75, 3.05) is 18.9 Å². The number of nitrogens with one attached hydrogen (secondary N) is 2. The molecule has 0 aromatic carbocycles. The molecule has 3 aromatic heterocycles. The maximum atomic E-state index is 12.6. The van der Waals surface area contributed by atoms with Crippen LogP contribution in [0.15, 0.2) is 12.4 Å². The van der Waals surface area contributed by atoms with Gasteiger partial charge < -0.3 is 48.1 Å². The first-order valence-electron chi connectivity index (χ1n) is 12.2. The first kappa shape index (κ1) is 36.1. The summed E-state index contributed by atoms with van der Waals surface area (Å²) in [6.45, 7) is 0.471. The molecule has 1 aliphatic heterocycles. The van der Waals surface area contributed by atoms with E-state index in [0.717, 1.165) is 5.69 Å². The minimum absolute atomic E-state index is 0.0454. The number of ether oxygens (including phenoxy) is 2. The van der Waals surface area contributed by atoms with Gasteiger partial charge in [-0.15, -0.1) is 0 Å². The molecule has 0 bridgehead atoms. The monoisotopic (exact) mass is 830 g/mol. The number of aromatic nitrogens is 6. The molecule has 0 spiro atoms. The highest BCUT2D eigenvalue weighted by Crippen LogP contribution is 2.66. The van der Waals surface area contributed by atoms with E-state index in [1.807, 2.05) is 6.92 Å². The Balaban J connectivity index is 1.54. The SMILES string of the molecule is Cc1cc(CNC(=O)COC2C(COP(=O)(O)OP(=O)(O)OP(=O)(O)O)OC(n3cnc4c(=S)nc(N)[nH]c43)C2OI)nn1C. The minimum atomic E-state index is -5.78. The van der Waals surface area contributed by atoms with E-state index < -0.39 is 67.1 Å². The number of hydrogen-bond acceptors (Lipinski definition) is 15. The van der Waals surface area contributed by atoms with Crippen LogP contribution in [0.25, 0.3) is 11.2 Å². The standard InChI is InChI=1S/C18H26IN8O14P3S/c1-8-3-9(25-26(8)2)4-21-11(28)6-36-13-10(5-37-43(32,33)41-44(34,35)40-42(29,30)31)38-17(14(13)39-19)27-7-22-12-15(27)23-18(20)24-16(12)45/h3,7,10,13-14,17H,4-6H2,1-2H3,(H,21,28)(H,32,33)(H,34,35)(H2,29,30,31)(H3,20,23,24,45). The fraction of sp³-hybridized carbons (Fsp3) is 0.500. The molecule has 0 aliphatic carbocycles. The summed E-state index contributed by atoms with van der Waals surface area (Å²) in [4.78, 5) is 60.5. The van der Waals surface area contributed by atoms with Crippen molar-refractivity contribution in [3.63, 3.8) is 0 Å². The summed E-state index contributed by atoms with van der Waals surface area (Å²) in [6, 6.07) is 1.78. The largest absolute Gasteiger partial charge is 0.490 e. The zero-order chi connectivity index (χ0) is 33.3. The van der Waals surface area contributed by atoms with Crippen LogP contribution >= 0.6 is 58.7 Å². The summed E-state index contributed by atoms with van der Waals surface area (Å²) in [6.07, 6.45) is -3.44. The van der Waals surface area contributed by atoms with Gasteiger partial charge in [-0.3, -0.25) is 18.6 Å². The number of aromatic amines is 1. The molecule has 8 N–H and O–H groups in total. The normalized spacial score (nSPS) is 23.2. The fourth-order valence-electron chi connectivity index (χ4n) is 4.11. The lowest BCUT2D eigenvalue weighted by Gasteiger charge is -2.23. The van der Waals surface area contributed by atoms with Crippen LogP contribution in [-0.4, -0.2) is 86.3 Å². The van der Waals surface area contributed by atoms with Gasteiger partial charge in [-0.25, -0.2) is 23.7 Å². The summed E-state index contributed by atoms with van der Waals surface area (Å²) in [5.74, 6) is -0.618. The lowest BCUT2D eigenvalue weighted by atomic mass is 10.1. The third-order valence-corrected chi connectivity index (χ3v) is 10.7. The van der Waals surface area contributed by atoms with Crippen LogP contribution in [0.4, 0.5) is 5.95 Å². The van der Waals surface area contributed by atoms with Gasteiger partial charge in [0.2, 0.25) is 5.91 Å². The molecule has 4 rings (SSSR count). The molecule has 250 valence electrons. The zero-order valence-corrected chi connectivity index (χ0v) is 28.6. The van der Waals surface area contributed by atoms with Crippen LogP contribution in [0.2, 0.25) is 0 Å². The van der Waals surface area contributed by atoms with Crippen molar-refractivity contribution in [1.29, 1.82) is 0 Å². The number of carbonyl (C=O) groups is 1. The number of hydrogen-bond donors (Lipinski definition) is 7. The van der Waals surface area contributed by atoms with Crippen molar-refractivity contribution < 1.29 is 63.7 Å². The van der Waals surface area contributed by atoms with Crippen molar-refractivity contribution in [1.82, 2.24) is 34.6 Å². The maximum Gasteiger partial charge on any atom is 0.490 e. The first-order chi connectivity index (χ1) is 20.9. The third kappa shape index (κ3) is 9.43. The van der Waals surface area contributed by atoms with Gasteiger partial charge >= 0.3 is 23.5 Å². The number of anilines is 1. The van der Waals surface area contributed by atoms with Gasteiger partial charge in [0, 0.05) is 12.7 Å². The molecule has 6 unspecified atom stereocenters. The van der Waals surface area contributed by atoms with E-state index in [0.29, 0.717) is 5.69 Å². The average Bonchev–Trinajstić information content (AvgIpc) is 3.57. The topological polar surface area (TPSA) is 307 Å². The second-order valence-electron chi connectivity index (χ2n) is 9.23. The molecule has 1 fully saturated rings. The number of phosphoric acid groups is 3. The lowest BCUT2D eigenvalue weighted by molar-refractivity contribution is -0.131. The van der Waals surface area contributed by atoms with E-state index in [1.165, 1.54) is 10.9 Å². The highest BCUT2D eigenvalue weighted by Gasteiger charge is 2.50. The average molecular weight is 830 g/mol. The second kappa shape index (κ2) is 14.2. The van der Waals surface area contributed by atoms with E-state index in [2.05, 4.69) is 34.0 Å². The summed E-state index contributed by atoms with van der Waals surface area (Å²) in [7, 11) is -15.2. The Hall–Kier alpha value is -1.73. The summed E-state index contributed by atoms with van der Waals surface area (Å²) < 4.78 is 67.8. The molecule has 3 aromatic rings. The van der Waals surface area contributed by atoms with E-state index in [1.54, 1.807) is 40.8 Å². The predicted octanol–water partition coefficient (Wildman–Crippen LogP) is 0.791. The number of rotatable bonds is 14. The number of carbonyl (C=O) groups excluding carboxylic acids is 1. The van der Waals surface area contributed by atoms with Crippen LogP contribution in [-0.2, 0) is 57.8 Å². The Bertz CT molecular complexity index is 1750. The first-order valence-corrected chi connectivity index (χ1v) is 18.0. The molecular formula is C18H26IN8O14P3S.